The number of fused-ring (bicyclic) bond motifs is 1. The largest absolute Gasteiger partial charge is 0.269 e. The second-order valence-corrected chi connectivity index (χ2v) is 8.35. The van der Waals surface area contributed by atoms with Gasteiger partial charge in [-0.2, -0.15) is 0 Å². The topological polar surface area (TPSA) is 75.5 Å². The number of nitrogens with one attached hydrogen (secondary N) is 1. The summed E-state index contributed by atoms with van der Waals surface area (Å²) in [5.41, 5.74) is 3.90. The van der Waals surface area contributed by atoms with Crippen LogP contribution < -0.4 is 5.43 Å². The van der Waals surface area contributed by atoms with Gasteiger partial charge in [-0.15, -0.1) is 0 Å². The lowest BCUT2D eigenvalue weighted by Crippen LogP contribution is -2.50. The second kappa shape index (κ2) is 5.55. The first-order chi connectivity index (χ1) is 11.1. The highest BCUT2D eigenvalue weighted by Crippen LogP contribution is 2.47. The van der Waals surface area contributed by atoms with Gasteiger partial charge in [-0.25, -0.2) is 5.43 Å². The van der Waals surface area contributed by atoms with E-state index < -0.39 is 4.92 Å². The van der Waals surface area contributed by atoms with E-state index in [0.29, 0.717) is 17.5 Å². The van der Waals surface area contributed by atoms with Crippen LogP contribution in [0.3, 0.4) is 0 Å². The average molecular weight is 331 g/mol. The van der Waals surface area contributed by atoms with Crippen LogP contribution in [0.15, 0.2) is 24.3 Å². The first-order valence-corrected chi connectivity index (χ1v) is 8.47. The average Bonchev–Trinajstić information content (AvgIpc) is 2.75. The molecule has 130 valence electrons. The zero-order valence-electron chi connectivity index (χ0n) is 14.7. The van der Waals surface area contributed by atoms with E-state index in [4.69, 9.17) is 0 Å². The zero-order chi connectivity index (χ0) is 17.7. The Bertz CT molecular complexity index is 667. The van der Waals surface area contributed by atoms with Crippen molar-refractivity contribution in [3.63, 3.8) is 0 Å². The molecule has 3 rings (SSSR count). The molecule has 0 aromatic heterocycles. The van der Waals surface area contributed by atoms with Crippen molar-refractivity contribution in [2.45, 2.75) is 58.5 Å². The van der Waals surface area contributed by atoms with Gasteiger partial charge in [0.25, 0.3) is 11.6 Å². The van der Waals surface area contributed by atoms with Crippen LogP contribution in [0, 0.1) is 21.4 Å². The van der Waals surface area contributed by atoms with Gasteiger partial charge in [0.2, 0.25) is 0 Å². The minimum atomic E-state index is -0.455. The molecule has 1 saturated carbocycles. The van der Waals surface area contributed by atoms with E-state index in [1.54, 1.807) is 5.01 Å². The lowest BCUT2D eigenvalue weighted by Gasteiger charge is -2.40. The van der Waals surface area contributed by atoms with Crippen LogP contribution >= 0.6 is 0 Å². The molecule has 2 atom stereocenters. The van der Waals surface area contributed by atoms with Gasteiger partial charge in [-0.1, -0.05) is 13.8 Å². The maximum absolute atomic E-state index is 12.9. The smallest absolute Gasteiger partial charge is 0.268 e. The fourth-order valence-corrected chi connectivity index (χ4v) is 4.24. The summed E-state index contributed by atoms with van der Waals surface area (Å²) in [7, 11) is 0. The SMILES string of the molecule is CC1(C)CC[C@H]2[C@H](C1)NN(C(=O)c1ccc([N+](=O)[O-])cc1)C2(C)C. The molecule has 6 nitrogen and oxygen atoms in total. The number of non-ortho nitro benzene ring substituents is 1. The molecule has 0 bridgehead atoms. The fourth-order valence-electron chi connectivity index (χ4n) is 4.24. The molecule has 6 heteroatoms. The van der Waals surface area contributed by atoms with Gasteiger partial charge in [0, 0.05) is 29.7 Å². The Labute approximate surface area is 142 Å². The van der Waals surface area contributed by atoms with E-state index in [2.05, 4.69) is 33.1 Å². The maximum atomic E-state index is 12.9. The van der Waals surface area contributed by atoms with Crippen molar-refractivity contribution >= 4 is 11.6 Å². The van der Waals surface area contributed by atoms with Gasteiger partial charge in [-0.05, 0) is 50.7 Å². The number of hydrogen-bond donors (Lipinski definition) is 1. The Balaban J connectivity index is 1.83. The van der Waals surface area contributed by atoms with Crippen LogP contribution in [0.1, 0.15) is 57.3 Å². The van der Waals surface area contributed by atoms with Crippen molar-refractivity contribution in [3.05, 3.63) is 39.9 Å². The number of amides is 1. The number of benzene rings is 1. The van der Waals surface area contributed by atoms with Crippen molar-refractivity contribution in [2.24, 2.45) is 11.3 Å². The summed E-state index contributed by atoms with van der Waals surface area (Å²) in [5, 5.41) is 12.5. The Kier molecular flexibility index (Phi) is 3.91. The summed E-state index contributed by atoms with van der Waals surface area (Å²) in [6.45, 7) is 8.76. The van der Waals surface area contributed by atoms with Crippen LogP contribution in [0.25, 0.3) is 0 Å². The van der Waals surface area contributed by atoms with Gasteiger partial charge in [0.15, 0.2) is 0 Å². The molecule has 1 amide bonds. The van der Waals surface area contributed by atoms with E-state index in [1.807, 2.05) is 0 Å². The quantitative estimate of drug-likeness (QED) is 0.664. The minimum absolute atomic E-state index is 0.00406. The summed E-state index contributed by atoms with van der Waals surface area (Å²) in [6, 6.07) is 6.12. The summed E-state index contributed by atoms with van der Waals surface area (Å²) in [5.74, 6) is 0.301. The number of hydrogen-bond acceptors (Lipinski definition) is 4. The molecular formula is C18H25N3O3. The van der Waals surface area contributed by atoms with Crippen LogP contribution in [0.2, 0.25) is 0 Å². The first-order valence-electron chi connectivity index (χ1n) is 8.47. The molecule has 1 aliphatic carbocycles. The van der Waals surface area contributed by atoms with Crippen LogP contribution in [-0.4, -0.2) is 27.4 Å². The van der Waals surface area contributed by atoms with Crippen LogP contribution in [-0.2, 0) is 0 Å². The minimum Gasteiger partial charge on any atom is -0.268 e. The van der Waals surface area contributed by atoms with Crippen molar-refractivity contribution in [2.75, 3.05) is 0 Å². The molecular weight excluding hydrogens is 306 g/mol. The van der Waals surface area contributed by atoms with Crippen molar-refractivity contribution < 1.29 is 9.72 Å². The Morgan fingerprint density at radius 2 is 1.88 bits per heavy atom. The highest BCUT2D eigenvalue weighted by atomic mass is 16.6. The van der Waals surface area contributed by atoms with E-state index in [1.165, 1.54) is 30.7 Å². The monoisotopic (exact) mass is 331 g/mol. The highest BCUT2D eigenvalue weighted by Gasteiger charge is 2.52. The van der Waals surface area contributed by atoms with Crippen molar-refractivity contribution in [1.82, 2.24) is 10.4 Å². The van der Waals surface area contributed by atoms with Crippen LogP contribution in [0.5, 0.6) is 0 Å². The Hall–Kier alpha value is -1.95. The van der Waals surface area contributed by atoms with Crippen molar-refractivity contribution in [3.8, 4) is 0 Å². The predicted octanol–water partition coefficient (Wildman–Crippen LogP) is 3.53. The third-order valence-electron chi connectivity index (χ3n) is 5.70. The van der Waals surface area contributed by atoms with Gasteiger partial charge < -0.3 is 0 Å². The molecule has 2 aliphatic rings. The van der Waals surface area contributed by atoms with Crippen LogP contribution in [0.4, 0.5) is 5.69 Å². The van der Waals surface area contributed by atoms with Gasteiger partial charge in [0.1, 0.15) is 0 Å². The normalized spacial score (nSPS) is 27.6. The number of carbonyl (C=O) groups excluding carboxylic acids is 1. The number of nitro benzene ring substituents is 1. The first kappa shape index (κ1) is 16.9. The molecule has 1 saturated heterocycles. The maximum Gasteiger partial charge on any atom is 0.269 e. The predicted molar refractivity (Wildman–Crippen MR) is 91.4 cm³/mol. The molecule has 1 aromatic carbocycles. The molecule has 0 unspecified atom stereocenters. The molecule has 1 heterocycles. The van der Waals surface area contributed by atoms with Gasteiger partial charge >= 0.3 is 0 Å². The molecule has 0 spiro atoms. The zero-order valence-corrected chi connectivity index (χ0v) is 14.7. The van der Waals surface area contributed by atoms with E-state index in [0.717, 1.165) is 12.8 Å². The molecule has 24 heavy (non-hydrogen) atoms. The lowest BCUT2D eigenvalue weighted by molar-refractivity contribution is -0.384. The number of carbonyl (C=O) groups is 1. The number of hydrazine groups is 1. The molecule has 1 aromatic rings. The molecule has 1 N–H and O–H groups in total. The van der Waals surface area contributed by atoms with E-state index >= 15 is 0 Å². The molecule has 2 fully saturated rings. The Morgan fingerprint density at radius 3 is 2.46 bits per heavy atom. The standard InChI is InChI=1S/C18H25N3O3/c1-17(2)10-9-14-15(11-17)19-20(18(14,3)4)16(22)12-5-7-13(8-6-12)21(23)24/h5-8,14-15,19H,9-11H2,1-4H3/t14-,15-/m0/s1. The number of nitrogens with zero attached hydrogens (tertiary/aromatic N) is 2. The lowest BCUT2D eigenvalue weighted by atomic mass is 9.66. The highest BCUT2D eigenvalue weighted by molar-refractivity contribution is 5.94. The third-order valence-corrected chi connectivity index (χ3v) is 5.70. The third kappa shape index (κ3) is 2.79. The second-order valence-electron chi connectivity index (χ2n) is 8.35. The summed E-state index contributed by atoms with van der Waals surface area (Å²) < 4.78 is 0. The summed E-state index contributed by atoms with van der Waals surface area (Å²) in [6.07, 6.45) is 3.31. The summed E-state index contributed by atoms with van der Waals surface area (Å²) >= 11 is 0. The van der Waals surface area contributed by atoms with Gasteiger partial charge in [-0.3, -0.25) is 19.9 Å². The van der Waals surface area contributed by atoms with E-state index in [9.17, 15) is 14.9 Å². The molecule has 1 aliphatic heterocycles. The molecule has 0 radical (unpaired) electrons. The summed E-state index contributed by atoms with van der Waals surface area (Å²) in [4.78, 5) is 23.3. The Morgan fingerprint density at radius 1 is 1.25 bits per heavy atom. The van der Waals surface area contributed by atoms with Crippen molar-refractivity contribution in [1.29, 1.82) is 0 Å². The number of nitro groups is 1. The van der Waals surface area contributed by atoms with Gasteiger partial charge in [0.05, 0.1) is 10.5 Å². The fraction of sp³-hybridized carbons (Fsp3) is 0.611. The van der Waals surface area contributed by atoms with E-state index in [-0.39, 0.29) is 22.5 Å². The number of rotatable bonds is 2.